The topological polar surface area (TPSA) is 61.5 Å². The van der Waals surface area contributed by atoms with Crippen LogP contribution in [0.5, 0.6) is 11.5 Å². The Morgan fingerprint density at radius 1 is 1.14 bits per heavy atom. The first-order valence-corrected chi connectivity index (χ1v) is 10.8. The first-order chi connectivity index (χ1) is 14.1. The van der Waals surface area contributed by atoms with Crippen LogP contribution in [0, 0.1) is 0 Å². The number of hydrogen-bond donors (Lipinski definition) is 0. The minimum absolute atomic E-state index is 0.236. The molecule has 0 aliphatic heterocycles. The van der Waals surface area contributed by atoms with Crippen molar-refractivity contribution in [2.24, 2.45) is 5.10 Å². The van der Waals surface area contributed by atoms with Gasteiger partial charge in [0.05, 0.1) is 13.3 Å². The first kappa shape index (κ1) is 21.5. The molecule has 0 saturated heterocycles. The fourth-order valence-corrected chi connectivity index (χ4v) is 3.54. The van der Waals surface area contributed by atoms with Crippen molar-refractivity contribution in [3.63, 3.8) is 0 Å². The van der Waals surface area contributed by atoms with E-state index in [4.69, 9.17) is 32.7 Å². The van der Waals surface area contributed by atoms with Crippen molar-refractivity contribution in [3.05, 3.63) is 63.4 Å². The molecule has 29 heavy (non-hydrogen) atoms. The third kappa shape index (κ3) is 5.04. The molecule has 0 saturated carbocycles. The highest BCUT2D eigenvalue weighted by Crippen LogP contribution is 2.31. The van der Waals surface area contributed by atoms with Gasteiger partial charge in [0, 0.05) is 22.0 Å². The van der Waals surface area contributed by atoms with E-state index in [0.717, 1.165) is 28.5 Å². The summed E-state index contributed by atoms with van der Waals surface area (Å²) in [6, 6.07) is 10.9. The van der Waals surface area contributed by atoms with Gasteiger partial charge in [0.2, 0.25) is 5.16 Å². The van der Waals surface area contributed by atoms with Crippen molar-refractivity contribution >= 4 is 41.2 Å². The lowest BCUT2D eigenvalue weighted by Crippen LogP contribution is -2.01. The maximum atomic E-state index is 6.21. The molecule has 0 radical (unpaired) electrons. The van der Waals surface area contributed by atoms with Gasteiger partial charge in [-0.15, -0.1) is 10.2 Å². The predicted molar refractivity (Wildman–Crippen MR) is 118 cm³/mol. The Kier molecular flexibility index (Phi) is 7.41. The second-order valence-electron chi connectivity index (χ2n) is 5.91. The molecule has 0 N–H and O–H groups in total. The smallest absolute Gasteiger partial charge is 0.211 e. The van der Waals surface area contributed by atoms with Gasteiger partial charge >= 0.3 is 0 Å². The standard InChI is InChI=1S/C20H20Cl2N4O2S/c1-4-19-24-25-20(29-3)26(19)23-11-13-8-9-17(18(10-13)27-2)28-12-14-15(21)6-5-7-16(14)22/h5-11H,4,12H2,1-3H3/b23-11-. The van der Waals surface area contributed by atoms with E-state index in [1.165, 1.54) is 11.8 Å². The molecule has 3 aromatic rings. The third-order valence-corrected chi connectivity index (χ3v) is 5.45. The summed E-state index contributed by atoms with van der Waals surface area (Å²) in [6.07, 6.45) is 4.42. The van der Waals surface area contributed by atoms with E-state index in [0.29, 0.717) is 21.5 Å². The molecule has 1 aromatic heterocycles. The maximum absolute atomic E-state index is 6.21. The highest BCUT2D eigenvalue weighted by molar-refractivity contribution is 7.98. The number of hydrogen-bond acceptors (Lipinski definition) is 6. The number of benzene rings is 2. The summed E-state index contributed by atoms with van der Waals surface area (Å²) in [7, 11) is 1.59. The Balaban J connectivity index is 1.79. The number of methoxy groups -OCH3 is 1. The Bertz CT molecular complexity index is 982. The van der Waals surface area contributed by atoms with Crippen molar-refractivity contribution in [1.29, 1.82) is 0 Å². The van der Waals surface area contributed by atoms with Crippen molar-refractivity contribution in [1.82, 2.24) is 14.9 Å². The summed E-state index contributed by atoms with van der Waals surface area (Å²) in [5.41, 5.74) is 1.58. The molecule has 6 nitrogen and oxygen atoms in total. The van der Waals surface area contributed by atoms with Gasteiger partial charge in [0.1, 0.15) is 6.61 Å². The van der Waals surface area contributed by atoms with E-state index in [9.17, 15) is 0 Å². The Labute approximate surface area is 183 Å². The van der Waals surface area contributed by atoms with Gasteiger partial charge in [-0.25, -0.2) is 0 Å². The molecule has 152 valence electrons. The number of aryl methyl sites for hydroxylation is 1. The lowest BCUT2D eigenvalue weighted by molar-refractivity contribution is 0.284. The summed E-state index contributed by atoms with van der Waals surface area (Å²) in [5, 5.41) is 14.6. The lowest BCUT2D eigenvalue weighted by Gasteiger charge is -2.13. The molecule has 0 aliphatic carbocycles. The van der Waals surface area contributed by atoms with Crippen LogP contribution in [-0.4, -0.2) is 34.5 Å². The van der Waals surface area contributed by atoms with E-state index in [2.05, 4.69) is 15.3 Å². The number of ether oxygens (including phenoxy) is 2. The lowest BCUT2D eigenvalue weighted by atomic mass is 10.2. The molecular weight excluding hydrogens is 431 g/mol. The molecule has 0 amide bonds. The van der Waals surface area contributed by atoms with E-state index >= 15 is 0 Å². The van der Waals surface area contributed by atoms with Gasteiger partial charge in [-0.2, -0.15) is 9.78 Å². The second-order valence-corrected chi connectivity index (χ2v) is 7.50. The van der Waals surface area contributed by atoms with Gasteiger partial charge in [-0.05, 0) is 42.2 Å². The van der Waals surface area contributed by atoms with Crippen molar-refractivity contribution in [3.8, 4) is 11.5 Å². The third-order valence-electron chi connectivity index (χ3n) is 4.12. The molecule has 0 bridgehead atoms. The summed E-state index contributed by atoms with van der Waals surface area (Å²) in [6.45, 7) is 2.25. The van der Waals surface area contributed by atoms with Gasteiger partial charge < -0.3 is 9.47 Å². The minimum atomic E-state index is 0.236. The monoisotopic (exact) mass is 450 g/mol. The number of thioether (sulfide) groups is 1. The SMILES string of the molecule is CCc1nnc(SC)n1/N=C\c1ccc(OCc2c(Cl)cccc2Cl)c(OC)c1. The van der Waals surface area contributed by atoms with Crippen molar-refractivity contribution < 1.29 is 9.47 Å². The van der Waals surface area contributed by atoms with Crippen LogP contribution in [0.3, 0.4) is 0 Å². The van der Waals surface area contributed by atoms with Crippen LogP contribution < -0.4 is 9.47 Å². The molecule has 3 rings (SSSR count). The first-order valence-electron chi connectivity index (χ1n) is 8.83. The van der Waals surface area contributed by atoms with Crippen molar-refractivity contribution in [2.75, 3.05) is 13.4 Å². The minimum Gasteiger partial charge on any atom is -0.493 e. The van der Waals surface area contributed by atoms with Gasteiger partial charge in [0.25, 0.3) is 0 Å². The van der Waals surface area contributed by atoms with Gasteiger partial charge in [0.15, 0.2) is 17.3 Å². The second kappa shape index (κ2) is 10.0. The van der Waals surface area contributed by atoms with Crippen LogP contribution >= 0.6 is 35.0 Å². The van der Waals surface area contributed by atoms with Crippen LogP contribution in [-0.2, 0) is 13.0 Å². The van der Waals surface area contributed by atoms with E-state index in [1.807, 2.05) is 31.4 Å². The van der Waals surface area contributed by atoms with Gasteiger partial charge in [-0.1, -0.05) is 48.0 Å². The average Bonchev–Trinajstić information content (AvgIpc) is 3.14. The summed E-state index contributed by atoms with van der Waals surface area (Å²) in [4.78, 5) is 0. The van der Waals surface area contributed by atoms with Crippen LogP contribution in [0.4, 0.5) is 0 Å². The summed E-state index contributed by atoms with van der Waals surface area (Å²) < 4.78 is 13.1. The molecule has 0 unspecified atom stereocenters. The fourth-order valence-electron chi connectivity index (χ4n) is 2.59. The largest absolute Gasteiger partial charge is 0.493 e. The molecule has 0 atom stereocenters. The Hall–Kier alpha value is -2.22. The van der Waals surface area contributed by atoms with Crippen LogP contribution in [0.2, 0.25) is 10.0 Å². The highest BCUT2D eigenvalue weighted by atomic mass is 35.5. The van der Waals surface area contributed by atoms with E-state index in [1.54, 1.807) is 36.2 Å². The molecule has 0 spiro atoms. The molecular formula is C20H20Cl2N4O2S. The Morgan fingerprint density at radius 3 is 2.55 bits per heavy atom. The van der Waals surface area contributed by atoms with E-state index in [-0.39, 0.29) is 6.61 Å². The van der Waals surface area contributed by atoms with Crippen LogP contribution in [0.15, 0.2) is 46.7 Å². The fraction of sp³-hybridized carbons (Fsp3) is 0.250. The molecule has 9 heteroatoms. The predicted octanol–water partition coefficient (Wildman–Crippen LogP) is 5.34. The summed E-state index contributed by atoms with van der Waals surface area (Å²) >= 11 is 13.9. The van der Waals surface area contributed by atoms with Crippen LogP contribution in [0.1, 0.15) is 23.9 Å². The van der Waals surface area contributed by atoms with E-state index < -0.39 is 0 Å². The zero-order chi connectivity index (χ0) is 20.8. The maximum Gasteiger partial charge on any atom is 0.211 e. The number of nitrogens with zero attached hydrogens (tertiary/aromatic N) is 4. The zero-order valence-electron chi connectivity index (χ0n) is 16.2. The molecule has 2 aromatic carbocycles. The van der Waals surface area contributed by atoms with Crippen molar-refractivity contribution in [2.45, 2.75) is 25.1 Å². The average molecular weight is 451 g/mol. The van der Waals surface area contributed by atoms with Gasteiger partial charge in [-0.3, -0.25) is 0 Å². The number of halogens is 2. The molecule has 1 heterocycles. The number of aromatic nitrogens is 3. The zero-order valence-corrected chi connectivity index (χ0v) is 18.6. The number of rotatable bonds is 8. The highest BCUT2D eigenvalue weighted by Gasteiger charge is 2.11. The summed E-state index contributed by atoms with van der Waals surface area (Å²) in [5.74, 6) is 1.97. The molecule has 0 fully saturated rings. The van der Waals surface area contributed by atoms with Crippen LogP contribution in [0.25, 0.3) is 0 Å². The quantitative estimate of drug-likeness (QED) is 0.342. The molecule has 0 aliphatic rings. The normalized spacial score (nSPS) is 11.2. The Morgan fingerprint density at radius 2 is 1.90 bits per heavy atom.